The van der Waals surface area contributed by atoms with E-state index in [1.807, 2.05) is 0 Å². The Morgan fingerprint density at radius 2 is 1.43 bits per heavy atom. The van der Waals surface area contributed by atoms with Gasteiger partial charge in [0.25, 0.3) is 0 Å². The molecule has 0 radical (unpaired) electrons. The second-order valence-corrected chi connectivity index (χ2v) is 9.31. The van der Waals surface area contributed by atoms with Crippen LogP contribution >= 0.6 is 7.92 Å². The van der Waals surface area contributed by atoms with Crippen LogP contribution in [0.5, 0.6) is 0 Å². The zero-order valence-corrected chi connectivity index (χ0v) is 14.0. The van der Waals surface area contributed by atoms with Gasteiger partial charge in [0.2, 0.25) is 0 Å². The number of benzene rings is 2. The van der Waals surface area contributed by atoms with Crippen molar-refractivity contribution in [1.82, 2.24) is 0 Å². The van der Waals surface area contributed by atoms with Gasteiger partial charge in [-0.2, -0.15) is 0 Å². The first-order valence-electron chi connectivity index (χ1n) is 8.02. The van der Waals surface area contributed by atoms with Crippen molar-refractivity contribution in [2.45, 2.75) is 33.1 Å². The van der Waals surface area contributed by atoms with E-state index < -0.39 is 0 Å². The fraction of sp³-hybridized carbons (Fsp3) is 0.400. The fourth-order valence-corrected chi connectivity index (χ4v) is 6.18. The van der Waals surface area contributed by atoms with Crippen LogP contribution in [-0.2, 0) is 0 Å². The van der Waals surface area contributed by atoms with Crippen molar-refractivity contribution >= 4 is 18.5 Å². The number of hydrogen-bond acceptors (Lipinski definition) is 0. The molecule has 1 unspecified atom stereocenters. The second-order valence-electron chi connectivity index (χ2n) is 7.05. The van der Waals surface area contributed by atoms with Crippen molar-refractivity contribution in [2.24, 2.45) is 11.3 Å². The summed E-state index contributed by atoms with van der Waals surface area (Å²) in [4.78, 5) is 0. The Labute approximate surface area is 130 Å². The third kappa shape index (κ3) is 3.74. The first-order valence-corrected chi connectivity index (χ1v) is 9.54. The van der Waals surface area contributed by atoms with Crippen molar-refractivity contribution in [3.63, 3.8) is 0 Å². The molecule has 0 nitrogen and oxygen atoms in total. The summed E-state index contributed by atoms with van der Waals surface area (Å²) in [5.74, 6) is 0.895. The Bertz CT molecular complexity index is 519. The molecule has 1 aliphatic rings. The number of hydrogen-bond donors (Lipinski definition) is 0. The highest BCUT2D eigenvalue weighted by atomic mass is 31.1. The van der Waals surface area contributed by atoms with Gasteiger partial charge in [0, 0.05) is 0 Å². The van der Waals surface area contributed by atoms with Crippen molar-refractivity contribution in [3.05, 3.63) is 60.7 Å². The SMILES string of the molecule is CC1(C)CCC(CP(c2ccccc2)c2ccccc2)C1. The lowest BCUT2D eigenvalue weighted by Crippen LogP contribution is -2.18. The first kappa shape index (κ1) is 14.8. The van der Waals surface area contributed by atoms with Crippen molar-refractivity contribution in [3.8, 4) is 0 Å². The van der Waals surface area contributed by atoms with Crippen LogP contribution in [0.25, 0.3) is 0 Å². The molecule has 2 aromatic carbocycles. The Hall–Kier alpha value is -1.13. The minimum absolute atomic E-state index is 0.203. The fourth-order valence-electron chi connectivity index (χ4n) is 3.57. The largest absolute Gasteiger partial charge is 0.0622 e. The lowest BCUT2D eigenvalue weighted by Gasteiger charge is -2.23. The summed E-state index contributed by atoms with van der Waals surface area (Å²) < 4.78 is 0. The molecule has 1 saturated carbocycles. The van der Waals surface area contributed by atoms with Crippen LogP contribution in [0.3, 0.4) is 0 Å². The third-order valence-corrected chi connectivity index (χ3v) is 7.37. The molecule has 1 heteroatoms. The zero-order chi connectivity index (χ0) is 14.7. The molecule has 2 aromatic rings. The van der Waals surface area contributed by atoms with Gasteiger partial charge >= 0.3 is 0 Å². The summed E-state index contributed by atoms with van der Waals surface area (Å²) in [5.41, 5.74) is 0.555. The summed E-state index contributed by atoms with van der Waals surface area (Å²) in [6.45, 7) is 4.86. The Morgan fingerprint density at radius 3 is 1.86 bits per heavy atom. The molecule has 1 aliphatic carbocycles. The van der Waals surface area contributed by atoms with E-state index in [2.05, 4.69) is 74.5 Å². The van der Waals surface area contributed by atoms with E-state index in [1.165, 1.54) is 36.0 Å². The average Bonchev–Trinajstić information content (AvgIpc) is 2.86. The third-order valence-electron chi connectivity index (χ3n) is 4.65. The van der Waals surface area contributed by atoms with Crippen molar-refractivity contribution in [2.75, 3.05) is 6.16 Å². The normalized spacial score (nSPS) is 20.8. The molecule has 0 spiro atoms. The summed E-state index contributed by atoms with van der Waals surface area (Å²) in [5, 5.41) is 3.06. The minimum Gasteiger partial charge on any atom is -0.0622 e. The minimum atomic E-state index is -0.203. The Morgan fingerprint density at radius 1 is 0.905 bits per heavy atom. The van der Waals surface area contributed by atoms with Crippen LogP contribution in [0.1, 0.15) is 33.1 Å². The highest BCUT2D eigenvalue weighted by molar-refractivity contribution is 7.73. The average molecular weight is 296 g/mol. The second kappa shape index (κ2) is 6.32. The van der Waals surface area contributed by atoms with Crippen LogP contribution in [0.4, 0.5) is 0 Å². The molecule has 0 aliphatic heterocycles. The molecule has 1 fully saturated rings. The van der Waals surface area contributed by atoms with E-state index in [0.29, 0.717) is 5.41 Å². The highest BCUT2D eigenvalue weighted by Crippen LogP contribution is 2.46. The van der Waals surface area contributed by atoms with Crippen LogP contribution in [-0.4, -0.2) is 6.16 Å². The van der Waals surface area contributed by atoms with Gasteiger partial charge in [-0.25, -0.2) is 0 Å². The topological polar surface area (TPSA) is 0 Å². The molecule has 110 valence electrons. The van der Waals surface area contributed by atoms with Crippen LogP contribution < -0.4 is 10.6 Å². The molecule has 0 bridgehead atoms. The number of rotatable bonds is 4. The predicted molar refractivity (Wildman–Crippen MR) is 95.1 cm³/mol. The smallest absolute Gasteiger partial charge is 0.0195 e. The van der Waals surface area contributed by atoms with Crippen molar-refractivity contribution in [1.29, 1.82) is 0 Å². The van der Waals surface area contributed by atoms with Gasteiger partial charge in [0.1, 0.15) is 0 Å². The van der Waals surface area contributed by atoms with E-state index >= 15 is 0 Å². The monoisotopic (exact) mass is 296 g/mol. The maximum atomic E-state index is 2.43. The highest BCUT2D eigenvalue weighted by Gasteiger charge is 2.32. The Balaban J connectivity index is 1.84. The molecule has 3 rings (SSSR count). The van der Waals surface area contributed by atoms with Crippen LogP contribution in [0, 0.1) is 11.3 Å². The molecule has 0 heterocycles. The van der Waals surface area contributed by atoms with Crippen LogP contribution in [0.15, 0.2) is 60.7 Å². The molecule has 0 N–H and O–H groups in total. The molecule has 0 amide bonds. The molecule has 0 aromatic heterocycles. The van der Waals surface area contributed by atoms with Gasteiger partial charge < -0.3 is 0 Å². The van der Waals surface area contributed by atoms with Crippen LogP contribution in [0.2, 0.25) is 0 Å². The van der Waals surface area contributed by atoms with Gasteiger partial charge in [-0.05, 0) is 55.3 Å². The lowest BCUT2D eigenvalue weighted by atomic mass is 9.91. The van der Waals surface area contributed by atoms with E-state index in [0.717, 1.165) is 5.92 Å². The molecular formula is C20H25P. The summed E-state index contributed by atoms with van der Waals surface area (Å²) in [6.07, 6.45) is 5.55. The molecule has 1 atom stereocenters. The van der Waals surface area contributed by atoms with Crippen molar-refractivity contribution < 1.29 is 0 Å². The van der Waals surface area contributed by atoms with Gasteiger partial charge in [0.15, 0.2) is 0 Å². The van der Waals surface area contributed by atoms with E-state index in [1.54, 1.807) is 0 Å². The van der Waals surface area contributed by atoms with E-state index in [4.69, 9.17) is 0 Å². The predicted octanol–water partition coefficient (Wildman–Crippen LogP) is 4.95. The Kier molecular flexibility index (Phi) is 4.45. The van der Waals surface area contributed by atoms with Gasteiger partial charge in [0.05, 0.1) is 0 Å². The van der Waals surface area contributed by atoms with E-state index in [9.17, 15) is 0 Å². The zero-order valence-electron chi connectivity index (χ0n) is 13.1. The summed E-state index contributed by atoms with van der Waals surface area (Å²) in [7, 11) is -0.203. The summed E-state index contributed by atoms with van der Waals surface area (Å²) >= 11 is 0. The molecule has 0 saturated heterocycles. The van der Waals surface area contributed by atoms with Gasteiger partial charge in [-0.3, -0.25) is 0 Å². The maximum Gasteiger partial charge on any atom is -0.0195 e. The molecule has 21 heavy (non-hydrogen) atoms. The van der Waals surface area contributed by atoms with E-state index in [-0.39, 0.29) is 7.92 Å². The maximum absolute atomic E-state index is 2.43. The van der Waals surface area contributed by atoms with Gasteiger partial charge in [-0.1, -0.05) is 74.5 Å². The quantitative estimate of drug-likeness (QED) is 0.701. The van der Waals surface area contributed by atoms with Gasteiger partial charge in [-0.15, -0.1) is 0 Å². The summed E-state index contributed by atoms with van der Waals surface area (Å²) in [6, 6.07) is 22.3. The lowest BCUT2D eigenvalue weighted by molar-refractivity contribution is 0.367. The first-order chi connectivity index (χ1) is 10.1. The standard InChI is InChI=1S/C20H25P/c1-20(2)14-13-17(15-20)16-21(18-9-5-3-6-10-18)19-11-7-4-8-12-19/h3-12,17H,13-16H2,1-2H3. The molecular weight excluding hydrogens is 271 g/mol.